The number of rotatable bonds is 62. The van der Waals surface area contributed by atoms with Gasteiger partial charge >= 0.3 is 148 Å². The summed E-state index contributed by atoms with van der Waals surface area (Å²) in [4.78, 5) is 25.9. The van der Waals surface area contributed by atoms with E-state index in [-0.39, 0.29) is 174 Å². The van der Waals surface area contributed by atoms with E-state index in [4.69, 9.17) is 18.9 Å². The van der Waals surface area contributed by atoms with Gasteiger partial charge in [0.2, 0.25) is 53.3 Å². The Labute approximate surface area is 672 Å². The van der Waals surface area contributed by atoms with Crippen LogP contribution in [0, 0.1) is 5.41 Å². The molecule has 1 N–H and O–H groups in total. The number of carboxylic acid groups (broad SMARTS) is 1. The molecule has 0 aromatic heterocycles. The number of ether oxygens (including phenoxy) is 4. The molecule has 0 radical (unpaired) electrons. The second-order valence-corrected chi connectivity index (χ2v) is 28.5. The number of nitrogens with one attached hydrogen (secondary N) is 1. The van der Waals surface area contributed by atoms with Gasteiger partial charge in [0.25, 0.3) is 0 Å². The Morgan fingerprint density at radius 1 is 0.484 bits per heavy atom. The van der Waals surface area contributed by atoms with Crippen LogP contribution in [-0.2, 0) is 86.9 Å². The smallest absolute Gasteiger partial charge is 0.726 e. The van der Waals surface area contributed by atoms with Crippen LogP contribution in [0.25, 0.3) is 0 Å². The standard InChI is InChI=1S/C60H117NO23S4.5Na/c1-5-7-9-11-13-15-17-19-21-23-25-27-29-31-33-35-37-39-41-43-45-77-49-59(4,50-78-46-44-42-40-38-36-34-32-30-28-26-24-22-20-18-16-14-12-10-8-6-2)51-79-60(58(63)64)47-53(82-86(68,69)70)55(61-52(3)62)57(81-60)56(84-88(74,75)76)54(83-87(71,72)73)48-80-85(65,66)67;;;;;/h53-57H,5-51H2,1-4H3,(H,61,62)(H,63,64)(H,65,66,67)(H,68,69,70)(H,71,72,73)(H,74,75,76);;;;;/q;5*+1/p-5/t53-,54+,55+,56+,57+,60-;;;;;/m0...../s1. The van der Waals surface area contributed by atoms with Gasteiger partial charge in [0.1, 0.15) is 30.4 Å². The molecule has 524 valence electrons. The van der Waals surface area contributed by atoms with Crippen LogP contribution < -0.4 is 158 Å². The minimum Gasteiger partial charge on any atom is -0.726 e. The molecule has 0 bridgehead atoms. The van der Waals surface area contributed by atoms with Crippen molar-refractivity contribution >= 4 is 53.5 Å². The predicted molar refractivity (Wildman–Crippen MR) is 326 cm³/mol. The molecular weight excluding hydrogens is 1350 g/mol. The van der Waals surface area contributed by atoms with Gasteiger partial charge in [-0.2, -0.15) is 0 Å². The van der Waals surface area contributed by atoms with Gasteiger partial charge in [-0.15, -0.1) is 0 Å². The molecule has 1 aliphatic heterocycles. The molecule has 1 amide bonds. The fourth-order valence-corrected chi connectivity index (χ4v) is 12.8. The van der Waals surface area contributed by atoms with Gasteiger partial charge in [-0.3, -0.25) is 21.5 Å². The van der Waals surface area contributed by atoms with Crippen LogP contribution in [0.1, 0.15) is 291 Å². The van der Waals surface area contributed by atoms with Crippen molar-refractivity contribution in [2.24, 2.45) is 5.41 Å². The van der Waals surface area contributed by atoms with E-state index in [0.717, 1.165) is 58.3 Å². The van der Waals surface area contributed by atoms with E-state index in [0.29, 0.717) is 12.8 Å². The van der Waals surface area contributed by atoms with Crippen molar-refractivity contribution in [3.05, 3.63) is 0 Å². The summed E-state index contributed by atoms with van der Waals surface area (Å²) < 4.78 is 184. The maximum absolute atomic E-state index is 13.3. The summed E-state index contributed by atoms with van der Waals surface area (Å²) in [6.07, 6.45) is 35.3. The second-order valence-electron chi connectivity index (χ2n) is 24.4. The molecule has 1 fully saturated rings. The largest absolute Gasteiger partial charge is 1.00 e. The Morgan fingerprint density at radius 2 is 0.796 bits per heavy atom. The van der Waals surface area contributed by atoms with Gasteiger partial charge in [-0.05, 0) is 12.8 Å². The molecule has 0 aromatic rings. The molecule has 0 unspecified atom stereocenters. The molecule has 0 saturated carbocycles. The van der Waals surface area contributed by atoms with E-state index >= 15 is 0 Å². The molecule has 1 aliphatic rings. The van der Waals surface area contributed by atoms with E-state index < -0.39 is 115 Å². The summed E-state index contributed by atoms with van der Waals surface area (Å²) in [7, 11) is -24.3. The number of carbonyl (C=O) groups is 2. The van der Waals surface area contributed by atoms with Gasteiger partial charge in [0.05, 0.1) is 32.5 Å². The Morgan fingerprint density at radius 3 is 1.06 bits per heavy atom. The zero-order chi connectivity index (χ0) is 65.6. The van der Waals surface area contributed by atoms with Crippen molar-refractivity contribution < 1.29 is 250 Å². The van der Waals surface area contributed by atoms with Crippen LogP contribution in [-0.4, -0.2) is 140 Å². The van der Waals surface area contributed by atoms with Crippen LogP contribution >= 0.6 is 0 Å². The summed E-state index contributed by atoms with van der Waals surface area (Å²) >= 11 is 0. The van der Waals surface area contributed by atoms with E-state index in [1.165, 1.54) is 193 Å². The van der Waals surface area contributed by atoms with Gasteiger partial charge in [-0.25, -0.2) is 33.7 Å². The Bertz CT molecular complexity index is 2220. The first-order valence-corrected chi connectivity index (χ1v) is 38.5. The third-order valence-electron chi connectivity index (χ3n) is 15.8. The molecule has 0 aliphatic carbocycles. The first-order valence-electron chi connectivity index (χ1n) is 33.1. The minimum atomic E-state index is -6.25. The van der Waals surface area contributed by atoms with Crippen LogP contribution in [0.4, 0.5) is 0 Å². The van der Waals surface area contributed by atoms with Gasteiger partial charge in [0, 0.05) is 32.0 Å². The van der Waals surface area contributed by atoms with Crippen LogP contribution in [0.5, 0.6) is 0 Å². The molecule has 6 atom stereocenters. The van der Waals surface area contributed by atoms with E-state index in [1.807, 2.05) is 5.32 Å². The number of unbranched alkanes of at least 4 members (excludes halogenated alkanes) is 38. The van der Waals surface area contributed by atoms with Crippen molar-refractivity contribution in [2.45, 2.75) is 327 Å². The van der Waals surface area contributed by atoms with Crippen molar-refractivity contribution in [1.82, 2.24) is 5.32 Å². The number of amides is 1. The van der Waals surface area contributed by atoms with Crippen molar-refractivity contribution in [3.8, 4) is 0 Å². The van der Waals surface area contributed by atoms with Crippen LogP contribution in [0.2, 0.25) is 0 Å². The van der Waals surface area contributed by atoms with E-state index in [9.17, 15) is 66.6 Å². The molecule has 1 rings (SSSR count). The molecule has 1 heterocycles. The number of carboxylic acids is 1. The van der Waals surface area contributed by atoms with Crippen molar-refractivity contribution in [2.75, 3.05) is 39.6 Å². The van der Waals surface area contributed by atoms with Gasteiger partial charge in [-0.1, -0.05) is 265 Å². The number of hydrogen-bond donors (Lipinski definition) is 1. The Balaban J connectivity index is -0.00000516. The monoisotopic (exact) mass is 1460 g/mol. The maximum Gasteiger partial charge on any atom is 1.00 e. The van der Waals surface area contributed by atoms with Crippen molar-refractivity contribution in [3.63, 3.8) is 0 Å². The topological polar surface area (TPSA) is 372 Å². The normalized spacial score (nSPS) is 17.6. The Kier molecular flexibility index (Phi) is 70.6. The molecular formula is C60H112NNa5O23S4. The van der Waals surface area contributed by atoms with Crippen LogP contribution in [0.15, 0.2) is 0 Å². The third kappa shape index (κ3) is 60.3. The fourth-order valence-electron chi connectivity index (χ4n) is 11.1. The molecule has 0 aromatic carbocycles. The summed E-state index contributed by atoms with van der Waals surface area (Å²) in [5.74, 6) is -7.02. The van der Waals surface area contributed by atoms with Crippen LogP contribution in [0.3, 0.4) is 0 Å². The predicted octanol–water partition coefficient (Wildman–Crippen LogP) is -4.54. The average molecular weight is 1460 g/mol. The van der Waals surface area contributed by atoms with Gasteiger partial charge in [0.15, 0.2) is 0 Å². The molecule has 33 heteroatoms. The van der Waals surface area contributed by atoms with E-state index in [2.05, 4.69) is 30.6 Å². The molecule has 24 nitrogen and oxygen atoms in total. The van der Waals surface area contributed by atoms with E-state index in [1.54, 1.807) is 6.92 Å². The third-order valence-corrected chi connectivity index (χ3v) is 17.7. The number of carbonyl (C=O) groups excluding carboxylic acids is 2. The zero-order valence-electron chi connectivity index (χ0n) is 58.6. The first-order chi connectivity index (χ1) is 41.6. The zero-order valence-corrected chi connectivity index (χ0v) is 71.9. The minimum absolute atomic E-state index is 0. The maximum atomic E-state index is 13.3. The molecule has 0 spiro atoms. The second kappa shape index (κ2) is 62.6. The SMILES string of the molecule is CCCCCCCCCCCCCCCCCCCCCCOCC(C)(COCCCCCCCCCCCCCCCCCCCCCC)CO[C@@]1(C(=O)[O-])C[C@H](OS(=O)(=O)[O-])[C@@H](NC(C)=O)[C@H]([C@H](OS(=O)(=O)[O-])[C@@H](COS(=O)(=O)[O-])OS(=O)(=O)[O-])O1.[Na+].[Na+].[Na+].[Na+].[Na+]. The number of aliphatic carboxylic acids is 1. The number of hydrogen-bond acceptors (Lipinski definition) is 23. The summed E-state index contributed by atoms with van der Waals surface area (Å²) in [5, 5.41) is 15.3. The van der Waals surface area contributed by atoms with Gasteiger partial charge < -0.3 is 52.4 Å². The summed E-state index contributed by atoms with van der Waals surface area (Å²) in [6.45, 7) is 4.33. The first kappa shape index (κ1) is 105. The fraction of sp³-hybridized carbons (Fsp3) is 0.967. The Hall–Kier alpha value is 3.26. The average Bonchev–Trinajstić information content (AvgIpc) is 0.755. The summed E-state index contributed by atoms with van der Waals surface area (Å²) in [6, 6.07) is -2.39. The van der Waals surface area contributed by atoms with Crippen molar-refractivity contribution in [1.29, 1.82) is 0 Å². The molecule has 93 heavy (non-hydrogen) atoms. The quantitative estimate of drug-likeness (QED) is 0.0259. The molecule has 1 saturated heterocycles. The summed E-state index contributed by atoms with van der Waals surface area (Å²) in [5.41, 5.74) is -1.30.